The molecule has 0 saturated carbocycles. The molecule has 0 aromatic heterocycles. The molecule has 0 amide bonds. The van der Waals surface area contributed by atoms with Crippen LogP contribution in [0.3, 0.4) is 0 Å². The van der Waals surface area contributed by atoms with Crippen molar-refractivity contribution in [3.05, 3.63) is 47.1 Å². The third-order valence-corrected chi connectivity index (χ3v) is 14.9. The summed E-state index contributed by atoms with van der Waals surface area (Å²) < 4.78 is 63.9. The van der Waals surface area contributed by atoms with E-state index in [4.69, 9.17) is 47.4 Å². The van der Waals surface area contributed by atoms with Crippen molar-refractivity contribution in [3.63, 3.8) is 0 Å². The van der Waals surface area contributed by atoms with Crippen LogP contribution in [-0.4, -0.2) is 139 Å². The molecule has 3 N–H and O–H groups in total. The molecule has 1 spiro atoms. The lowest BCUT2D eigenvalue weighted by Crippen LogP contribution is -2.58. The van der Waals surface area contributed by atoms with E-state index in [0.717, 1.165) is 18.4 Å². The van der Waals surface area contributed by atoms with Gasteiger partial charge in [-0.15, -0.1) is 0 Å². The second-order valence-corrected chi connectivity index (χ2v) is 19.4. The topological polar surface area (TPSA) is 170 Å². The number of allylic oxidation sites excluding steroid dienone is 2. The highest BCUT2D eigenvalue weighted by Gasteiger charge is 2.60. The predicted molar refractivity (Wildman–Crippen MR) is 227 cm³/mol. The highest BCUT2D eigenvalue weighted by molar-refractivity contribution is 5.78. The number of carbonyl (C=O) groups is 1. The molecule has 62 heavy (non-hydrogen) atoms. The van der Waals surface area contributed by atoms with E-state index >= 15 is 0 Å². The second-order valence-electron chi connectivity index (χ2n) is 19.4. The maximum absolute atomic E-state index is 14.4. The van der Waals surface area contributed by atoms with Crippen LogP contribution in [0.5, 0.6) is 0 Å². The smallest absolute Gasteiger partial charge is 0.316 e. The lowest BCUT2D eigenvalue weighted by Gasteiger charge is -2.51. The Balaban J connectivity index is 1.18. The van der Waals surface area contributed by atoms with Crippen LogP contribution in [-0.2, 0) is 52.2 Å². The van der Waals surface area contributed by atoms with Gasteiger partial charge in [0.1, 0.15) is 42.0 Å². The zero-order valence-electron chi connectivity index (χ0n) is 38.5. The number of aliphatic hydroxyl groups is 3. The van der Waals surface area contributed by atoms with Crippen molar-refractivity contribution in [1.82, 2.24) is 0 Å². The highest BCUT2D eigenvalue weighted by Crippen LogP contribution is 2.48. The van der Waals surface area contributed by atoms with E-state index < -0.39 is 90.8 Å². The summed E-state index contributed by atoms with van der Waals surface area (Å²) in [6, 6.07) is 0. The number of esters is 1. The zero-order chi connectivity index (χ0) is 44.7. The maximum atomic E-state index is 14.4. The average Bonchev–Trinajstić information content (AvgIpc) is 3.58. The third kappa shape index (κ3) is 9.73. The minimum Gasteiger partial charge on any atom is -0.462 e. The summed E-state index contributed by atoms with van der Waals surface area (Å²) in [5, 5.41) is 34.2. The first-order chi connectivity index (χ1) is 29.5. The fourth-order valence-electron chi connectivity index (χ4n) is 11.0. The number of carbonyl (C=O) groups excluding carboxylic acids is 1. The molecule has 6 aliphatic heterocycles. The molecule has 5 fully saturated rings. The van der Waals surface area contributed by atoms with Crippen LogP contribution in [0.25, 0.3) is 0 Å². The summed E-state index contributed by atoms with van der Waals surface area (Å²) >= 11 is 0. The molecule has 1 aliphatic carbocycles. The molecule has 5 saturated heterocycles. The Morgan fingerprint density at radius 2 is 1.63 bits per heavy atom. The molecular formula is C48H74O14. The first-order valence-corrected chi connectivity index (χ1v) is 23.2. The summed E-state index contributed by atoms with van der Waals surface area (Å²) in [6.45, 7) is 16.3. The number of aliphatic hydroxyl groups excluding tert-OH is 2. The summed E-state index contributed by atoms with van der Waals surface area (Å²) in [7, 11) is 3.23. The SMILES string of the molecule is CC[C@H](C)[C@H]1O[C@]2(CC[C@@H]1C)C[C@@H]1C[C@@H](C/C=C(\C)C(O[C@H]3C[C@H](OC)C(O[C@H]4C[C@H](OC)[C@@H](O)[C@H](C)O4)[C@H](C)O3)[C@@H](C)/C=C/C=C3\CO[C@@H]4[C@H](O)C(C)=CC(C(=O)O1)[C@]34O)O2. The van der Waals surface area contributed by atoms with Crippen LogP contribution in [0.15, 0.2) is 47.1 Å². The third-order valence-electron chi connectivity index (χ3n) is 14.9. The zero-order valence-corrected chi connectivity index (χ0v) is 38.5. The number of fused-ring (bicyclic) bond motifs is 2. The van der Waals surface area contributed by atoms with Gasteiger partial charge in [-0.2, -0.15) is 0 Å². The number of rotatable bonds is 8. The molecule has 0 aromatic rings. The lowest BCUT2D eigenvalue weighted by atomic mass is 9.71. The maximum Gasteiger partial charge on any atom is 0.316 e. The molecule has 0 radical (unpaired) electrons. The molecule has 350 valence electrons. The number of hydrogen-bond donors (Lipinski definition) is 3. The van der Waals surface area contributed by atoms with Crippen molar-refractivity contribution in [2.75, 3.05) is 20.8 Å². The van der Waals surface area contributed by atoms with E-state index in [9.17, 15) is 20.1 Å². The van der Waals surface area contributed by atoms with E-state index in [2.05, 4.69) is 40.7 Å². The molecular weight excluding hydrogens is 801 g/mol. The van der Waals surface area contributed by atoms with Crippen molar-refractivity contribution in [2.24, 2.45) is 23.7 Å². The van der Waals surface area contributed by atoms with E-state index in [-0.39, 0.29) is 30.8 Å². The van der Waals surface area contributed by atoms with E-state index in [1.165, 1.54) is 0 Å². The Morgan fingerprint density at radius 3 is 2.35 bits per heavy atom. The molecule has 14 heteroatoms. The number of ether oxygens (including phenoxy) is 10. The Kier molecular flexibility index (Phi) is 15.3. The van der Waals surface area contributed by atoms with Gasteiger partial charge in [0.15, 0.2) is 18.4 Å². The van der Waals surface area contributed by atoms with Crippen LogP contribution in [0, 0.1) is 23.7 Å². The monoisotopic (exact) mass is 875 g/mol. The summed E-state index contributed by atoms with van der Waals surface area (Å²) in [5.41, 5.74) is 0.188. The highest BCUT2D eigenvalue weighted by atomic mass is 16.7. The van der Waals surface area contributed by atoms with Crippen LogP contribution in [0.2, 0.25) is 0 Å². The van der Waals surface area contributed by atoms with Crippen molar-refractivity contribution in [3.8, 4) is 0 Å². The van der Waals surface area contributed by atoms with Gasteiger partial charge in [0.05, 0.1) is 49.3 Å². The average molecular weight is 875 g/mol. The first kappa shape index (κ1) is 47.9. The molecule has 2 bridgehead atoms. The second kappa shape index (κ2) is 19.8. The Morgan fingerprint density at radius 1 is 0.919 bits per heavy atom. The largest absolute Gasteiger partial charge is 0.462 e. The normalized spacial score (nSPS) is 49.4. The van der Waals surface area contributed by atoms with Crippen molar-refractivity contribution in [2.45, 2.75) is 204 Å². The van der Waals surface area contributed by atoms with Gasteiger partial charge in [0, 0.05) is 52.2 Å². The summed E-state index contributed by atoms with van der Waals surface area (Å²) in [6.07, 6.45) is 6.53. The van der Waals surface area contributed by atoms with Gasteiger partial charge < -0.3 is 62.7 Å². The van der Waals surface area contributed by atoms with Crippen molar-refractivity contribution >= 4 is 5.97 Å². The van der Waals surface area contributed by atoms with Gasteiger partial charge in [0.25, 0.3) is 0 Å². The van der Waals surface area contributed by atoms with Gasteiger partial charge in [-0.05, 0) is 69.1 Å². The molecule has 7 rings (SSSR count). The van der Waals surface area contributed by atoms with Gasteiger partial charge >= 0.3 is 5.97 Å². The lowest BCUT2D eigenvalue weighted by molar-refractivity contribution is -0.340. The number of hydrogen-bond acceptors (Lipinski definition) is 14. The van der Waals surface area contributed by atoms with E-state index in [1.54, 1.807) is 40.2 Å². The summed E-state index contributed by atoms with van der Waals surface area (Å²) in [5.74, 6) is -2.10. The van der Waals surface area contributed by atoms with Gasteiger partial charge in [-0.3, -0.25) is 4.79 Å². The van der Waals surface area contributed by atoms with Crippen LogP contribution in [0.4, 0.5) is 0 Å². The fourth-order valence-corrected chi connectivity index (χ4v) is 11.0. The standard InChI is InChI=1S/C48H74O14/c1-11-25(2)43-28(5)17-18-47(62-43)23-34-20-33(61-47)16-15-27(4)42(26(3)13-12-14-32-24-55-45-40(49)29(6)19-35(46(51)58-34)48(32,45)52)59-39-22-37(54-10)44(31(8)57-39)60-38-21-36(53-9)41(50)30(7)56-38/h12-15,19,25-26,28,30-31,33-45,49-50,52H,11,16-18,20-24H2,1-10H3/b13-12+,27-15+,32-14+/t25-,26-,28-,30-,31-,33+,34-,35?,36-,37-,38-,39-,40+,41-,42?,43+,44?,45+,47+,48+/m0/s1. The molecule has 6 heterocycles. The minimum atomic E-state index is -1.82. The van der Waals surface area contributed by atoms with E-state index in [1.807, 2.05) is 19.1 Å². The van der Waals surface area contributed by atoms with Crippen LogP contribution < -0.4 is 0 Å². The van der Waals surface area contributed by atoms with E-state index in [0.29, 0.717) is 61.5 Å². The predicted octanol–water partition coefficient (Wildman–Crippen LogP) is 5.60. The molecule has 20 atom stereocenters. The van der Waals surface area contributed by atoms with Crippen LogP contribution in [0.1, 0.15) is 107 Å². The Hall–Kier alpha value is -2.05. The number of methoxy groups -OCH3 is 2. The van der Waals surface area contributed by atoms with Gasteiger partial charge in [0.2, 0.25) is 0 Å². The fraction of sp³-hybridized carbons (Fsp3) is 0.812. The minimum absolute atomic E-state index is 0.00708. The molecule has 0 aromatic carbocycles. The quantitative estimate of drug-likeness (QED) is 0.204. The van der Waals surface area contributed by atoms with Crippen molar-refractivity contribution in [1.29, 1.82) is 0 Å². The molecule has 14 nitrogen and oxygen atoms in total. The summed E-state index contributed by atoms with van der Waals surface area (Å²) in [4.78, 5) is 14.4. The molecule has 3 unspecified atom stereocenters. The van der Waals surface area contributed by atoms with Gasteiger partial charge in [-0.1, -0.05) is 64.5 Å². The Bertz CT molecular complexity index is 1680. The first-order valence-electron chi connectivity index (χ1n) is 23.2. The Labute approximate surface area is 368 Å². The van der Waals surface area contributed by atoms with Crippen molar-refractivity contribution < 1.29 is 67.5 Å². The van der Waals surface area contributed by atoms with Crippen LogP contribution >= 0.6 is 0 Å². The molecule has 7 aliphatic rings. The van der Waals surface area contributed by atoms with Gasteiger partial charge in [-0.25, -0.2) is 0 Å².